The number of carbonyl (C=O) groups is 1. The number of hydrogen-bond acceptors (Lipinski definition) is 8. The van der Waals surface area contributed by atoms with E-state index in [-0.39, 0.29) is 10.6 Å². The van der Waals surface area contributed by atoms with Gasteiger partial charge in [0.05, 0.1) is 11.1 Å². The lowest BCUT2D eigenvalue weighted by Gasteiger charge is -2.14. The Morgan fingerprint density at radius 3 is 2.93 bits per heavy atom. The van der Waals surface area contributed by atoms with Gasteiger partial charge in [-0.05, 0) is 40.9 Å². The Morgan fingerprint density at radius 2 is 2.15 bits per heavy atom. The fourth-order valence-electron chi connectivity index (χ4n) is 2.46. The summed E-state index contributed by atoms with van der Waals surface area (Å²) in [7, 11) is -4.02. The first-order valence-electron chi connectivity index (χ1n) is 8.19. The Bertz CT molecular complexity index is 967. The Morgan fingerprint density at radius 1 is 1.33 bits per heavy atom. The summed E-state index contributed by atoms with van der Waals surface area (Å²) >= 11 is 3.41. The van der Waals surface area contributed by atoms with E-state index in [2.05, 4.69) is 36.5 Å². The molecule has 11 heteroatoms. The molecule has 2 heterocycles. The van der Waals surface area contributed by atoms with E-state index in [0.29, 0.717) is 37.0 Å². The molecule has 1 aliphatic heterocycles. The summed E-state index contributed by atoms with van der Waals surface area (Å²) in [6, 6.07) is 4.48. The molecule has 0 unspecified atom stereocenters. The number of halogens is 1. The molecule has 0 spiro atoms. The first-order valence-corrected chi connectivity index (χ1v) is 10.5. The maximum Gasteiger partial charge on any atom is 0.267 e. The van der Waals surface area contributed by atoms with Crippen molar-refractivity contribution in [2.75, 3.05) is 23.8 Å². The van der Waals surface area contributed by atoms with Crippen molar-refractivity contribution in [3.05, 3.63) is 28.9 Å². The molecule has 3 N–H and O–H groups in total. The number of ether oxygens (including phenoxy) is 1. The maximum atomic E-state index is 12.4. The second-order valence-electron chi connectivity index (χ2n) is 5.82. The number of rotatable bonds is 2. The maximum absolute atomic E-state index is 12.4. The van der Waals surface area contributed by atoms with Gasteiger partial charge in [0, 0.05) is 31.4 Å². The smallest absolute Gasteiger partial charge is 0.267 e. The number of benzene rings is 1. The van der Waals surface area contributed by atoms with Crippen molar-refractivity contribution in [3.8, 4) is 5.75 Å². The van der Waals surface area contributed by atoms with Gasteiger partial charge in [0.1, 0.15) is 16.5 Å². The molecule has 1 aromatic carbocycles. The minimum absolute atomic E-state index is 0.103. The third kappa shape index (κ3) is 4.86. The van der Waals surface area contributed by atoms with Gasteiger partial charge < -0.3 is 15.4 Å². The predicted octanol–water partition coefficient (Wildman–Crippen LogP) is 2.39. The highest BCUT2D eigenvalue weighted by molar-refractivity contribution is 9.10. The molecule has 0 radical (unpaired) electrons. The highest BCUT2D eigenvalue weighted by Crippen LogP contribution is 2.30. The van der Waals surface area contributed by atoms with Crippen LogP contribution in [0.15, 0.2) is 33.8 Å². The van der Waals surface area contributed by atoms with Crippen molar-refractivity contribution in [2.24, 2.45) is 0 Å². The quantitative estimate of drug-likeness (QED) is 0.630. The number of fused-ring (bicyclic) bond motifs is 4. The lowest BCUT2D eigenvalue weighted by atomic mass is 10.3. The second kappa shape index (κ2) is 8.09. The molecule has 3 rings (SSSR count). The monoisotopic (exact) mass is 455 g/mol. The Balaban J connectivity index is 2.00. The van der Waals surface area contributed by atoms with Crippen LogP contribution in [0.1, 0.15) is 19.8 Å². The van der Waals surface area contributed by atoms with Crippen LogP contribution in [-0.2, 0) is 14.8 Å². The molecule has 1 aliphatic rings. The highest BCUT2D eigenvalue weighted by Gasteiger charge is 2.22. The average Bonchev–Trinajstić information content (AvgIpc) is 2.59. The topological polar surface area (TPSA) is 122 Å². The molecule has 1 amide bonds. The Hall–Kier alpha value is -2.40. The molecular weight excluding hydrogens is 438 g/mol. The van der Waals surface area contributed by atoms with E-state index in [0.717, 1.165) is 17.8 Å². The SMILES string of the molecule is CC(=O)NS(=O)(=O)c1ccc2cc1OCCCCNc1nc(ncc1Br)N2. The summed E-state index contributed by atoms with van der Waals surface area (Å²) in [6.07, 6.45) is 3.14. The molecule has 27 heavy (non-hydrogen) atoms. The van der Waals surface area contributed by atoms with Crippen molar-refractivity contribution in [1.29, 1.82) is 0 Å². The molecule has 9 nitrogen and oxygen atoms in total. The number of aromatic nitrogens is 2. The van der Waals surface area contributed by atoms with Crippen molar-refractivity contribution in [1.82, 2.24) is 14.7 Å². The standard InChI is InChI=1S/C16H18BrN5O4S/c1-10(23)22-27(24,25)14-5-4-11-8-13(14)26-7-3-2-6-18-15-12(17)9-19-16(20-11)21-15/h4-5,8-9H,2-3,6-7H2,1H3,(H,22,23)(H2,18,19,20,21). The largest absolute Gasteiger partial charge is 0.492 e. The fourth-order valence-corrected chi connectivity index (χ4v) is 3.91. The lowest BCUT2D eigenvalue weighted by Crippen LogP contribution is -2.28. The number of sulfonamides is 1. The number of carbonyl (C=O) groups excluding carboxylic acids is 1. The van der Waals surface area contributed by atoms with Crippen LogP contribution in [0, 0.1) is 0 Å². The molecular formula is C16H18BrN5O4S. The normalized spacial score (nSPS) is 14.3. The van der Waals surface area contributed by atoms with E-state index in [1.54, 1.807) is 18.3 Å². The number of amides is 1. The molecule has 2 aromatic rings. The number of anilines is 3. The van der Waals surface area contributed by atoms with Gasteiger partial charge in [0.15, 0.2) is 0 Å². The summed E-state index contributed by atoms with van der Waals surface area (Å²) in [5.74, 6) is 0.496. The van der Waals surface area contributed by atoms with Crippen LogP contribution in [0.4, 0.5) is 17.5 Å². The van der Waals surface area contributed by atoms with Crippen molar-refractivity contribution in [2.45, 2.75) is 24.7 Å². The summed E-state index contributed by atoms with van der Waals surface area (Å²) < 4.78 is 33.2. The minimum Gasteiger partial charge on any atom is -0.492 e. The van der Waals surface area contributed by atoms with E-state index in [1.165, 1.54) is 6.07 Å². The number of hydrogen-bond donors (Lipinski definition) is 3. The molecule has 0 fully saturated rings. The first-order chi connectivity index (χ1) is 12.8. The van der Waals surface area contributed by atoms with E-state index >= 15 is 0 Å². The zero-order valence-electron chi connectivity index (χ0n) is 14.5. The van der Waals surface area contributed by atoms with Gasteiger partial charge in [0.25, 0.3) is 10.0 Å². The molecule has 1 aromatic heterocycles. The molecule has 0 saturated heterocycles. The Labute approximate surface area is 165 Å². The van der Waals surface area contributed by atoms with E-state index in [1.807, 2.05) is 4.72 Å². The first kappa shape index (κ1) is 19.4. The molecule has 144 valence electrons. The molecule has 0 saturated carbocycles. The van der Waals surface area contributed by atoms with Crippen LogP contribution in [0.5, 0.6) is 5.75 Å². The third-order valence-electron chi connectivity index (χ3n) is 3.63. The van der Waals surface area contributed by atoms with Gasteiger partial charge in [-0.1, -0.05) is 0 Å². The molecule has 0 atom stereocenters. The van der Waals surface area contributed by atoms with Gasteiger partial charge in [-0.25, -0.2) is 18.1 Å². The predicted molar refractivity (Wildman–Crippen MR) is 104 cm³/mol. The molecule has 4 bridgehead atoms. The summed E-state index contributed by atoms with van der Waals surface area (Å²) in [5, 5.41) is 6.24. The minimum atomic E-state index is -4.02. The second-order valence-corrected chi connectivity index (χ2v) is 8.33. The van der Waals surface area contributed by atoms with Crippen molar-refractivity contribution in [3.63, 3.8) is 0 Å². The zero-order chi connectivity index (χ0) is 19.4. The van der Waals surface area contributed by atoms with Gasteiger partial charge >= 0.3 is 0 Å². The average molecular weight is 456 g/mol. The van der Waals surface area contributed by atoms with Gasteiger partial charge in [-0.15, -0.1) is 0 Å². The summed E-state index contributed by atoms with van der Waals surface area (Å²) in [5.41, 5.74) is 0.555. The van der Waals surface area contributed by atoms with Gasteiger partial charge in [0.2, 0.25) is 11.9 Å². The van der Waals surface area contributed by atoms with Crippen LogP contribution in [-0.4, -0.2) is 37.4 Å². The highest BCUT2D eigenvalue weighted by atomic mass is 79.9. The van der Waals surface area contributed by atoms with Gasteiger partial charge in [-0.2, -0.15) is 4.98 Å². The lowest BCUT2D eigenvalue weighted by molar-refractivity contribution is -0.117. The third-order valence-corrected chi connectivity index (χ3v) is 5.69. The van der Waals surface area contributed by atoms with Gasteiger partial charge in [-0.3, -0.25) is 4.79 Å². The van der Waals surface area contributed by atoms with Crippen molar-refractivity contribution >= 4 is 49.3 Å². The zero-order valence-corrected chi connectivity index (χ0v) is 16.9. The Kier molecular flexibility index (Phi) is 5.80. The number of nitrogens with zero attached hydrogens (tertiary/aromatic N) is 2. The van der Waals surface area contributed by atoms with E-state index in [4.69, 9.17) is 4.74 Å². The van der Waals surface area contributed by atoms with E-state index < -0.39 is 15.9 Å². The van der Waals surface area contributed by atoms with Crippen LogP contribution in [0.25, 0.3) is 0 Å². The summed E-state index contributed by atoms with van der Waals surface area (Å²) in [4.78, 5) is 19.7. The van der Waals surface area contributed by atoms with Crippen LogP contribution in [0.3, 0.4) is 0 Å². The van der Waals surface area contributed by atoms with Crippen LogP contribution in [0.2, 0.25) is 0 Å². The fraction of sp³-hybridized carbons (Fsp3) is 0.312. The van der Waals surface area contributed by atoms with Crippen LogP contribution >= 0.6 is 15.9 Å². The number of nitrogens with one attached hydrogen (secondary N) is 3. The summed E-state index contributed by atoms with van der Waals surface area (Å²) in [6.45, 7) is 2.14. The van der Waals surface area contributed by atoms with E-state index in [9.17, 15) is 13.2 Å². The molecule has 0 aliphatic carbocycles. The van der Waals surface area contributed by atoms with Crippen molar-refractivity contribution < 1.29 is 17.9 Å². The van der Waals surface area contributed by atoms with Crippen LogP contribution < -0.4 is 20.1 Å².